The van der Waals surface area contributed by atoms with Crippen LogP contribution in [0.2, 0.25) is 0 Å². The summed E-state index contributed by atoms with van der Waals surface area (Å²) in [6, 6.07) is 11.2. The van der Waals surface area contributed by atoms with E-state index in [-0.39, 0.29) is 5.91 Å². The molecule has 1 aromatic carbocycles. The molecule has 1 aromatic rings. The highest BCUT2D eigenvalue weighted by molar-refractivity contribution is 5.78. The molecule has 0 aromatic heterocycles. The Balaban J connectivity index is 1.36. The Labute approximate surface area is 152 Å². The smallest absolute Gasteiger partial charge is 0.234 e. The number of nitrogens with zero attached hydrogens (tertiary/aromatic N) is 2. The van der Waals surface area contributed by atoms with Crippen LogP contribution in [0.5, 0.6) is 0 Å². The van der Waals surface area contributed by atoms with Crippen molar-refractivity contribution in [2.24, 2.45) is 11.8 Å². The molecule has 1 heterocycles. The van der Waals surface area contributed by atoms with Crippen molar-refractivity contribution in [2.45, 2.75) is 45.1 Å². The van der Waals surface area contributed by atoms with Crippen LogP contribution in [0.4, 0.5) is 5.69 Å². The lowest BCUT2D eigenvalue weighted by Crippen LogP contribution is -2.43. The number of para-hydroxylation sites is 1. The summed E-state index contributed by atoms with van der Waals surface area (Å²) in [5.41, 5.74) is 1.29. The van der Waals surface area contributed by atoms with Gasteiger partial charge < -0.3 is 10.2 Å². The van der Waals surface area contributed by atoms with Crippen molar-refractivity contribution in [1.29, 1.82) is 0 Å². The number of likely N-dealkylation sites (N-methyl/N-ethyl adjacent to an activating group) is 1. The maximum Gasteiger partial charge on any atom is 0.234 e. The molecule has 4 nitrogen and oxygen atoms in total. The van der Waals surface area contributed by atoms with Crippen LogP contribution in [0.25, 0.3) is 0 Å². The summed E-state index contributed by atoms with van der Waals surface area (Å²) >= 11 is 0. The van der Waals surface area contributed by atoms with Crippen LogP contribution in [-0.2, 0) is 4.79 Å². The second kappa shape index (κ2) is 8.70. The van der Waals surface area contributed by atoms with Gasteiger partial charge in [0.05, 0.1) is 6.54 Å². The molecule has 0 bridgehead atoms. The minimum absolute atomic E-state index is 0.180. The summed E-state index contributed by atoms with van der Waals surface area (Å²) in [6.45, 7) is 5.81. The molecule has 2 aliphatic rings. The van der Waals surface area contributed by atoms with Crippen LogP contribution in [0.15, 0.2) is 30.3 Å². The normalized spacial score (nSPS) is 26.8. The van der Waals surface area contributed by atoms with Crippen molar-refractivity contribution in [2.75, 3.05) is 38.1 Å². The topological polar surface area (TPSA) is 35.6 Å². The first-order valence-corrected chi connectivity index (χ1v) is 9.88. The summed E-state index contributed by atoms with van der Waals surface area (Å²) in [4.78, 5) is 17.0. The first-order valence-electron chi connectivity index (χ1n) is 9.88. The molecule has 1 atom stereocenters. The number of rotatable bonds is 6. The summed E-state index contributed by atoms with van der Waals surface area (Å²) in [5, 5.41) is 3.17. The fraction of sp³-hybridized carbons (Fsp3) is 0.667. The molecular formula is C21H33N3O. The summed E-state index contributed by atoms with van der Waals surface area (Å²) in [5.74, 6) is 1.60. The Bertz CT molecular complexity index is 539. The lowest BCUT2D eigenvalue weighted by Gasteiger charge is -2.33. The fourth-order valence-corrected chi connectivity index (χ4v) is 4.23. The standard InChI is InChI=1S/C21H33N3O/c1-17-8-10-19(11-9-17)23(2)16-21(25)22-14-18-12-13-24(15-18)20-6-4-3-5-7-20/h3-7,17-19H,8-16H2,1-2H3,(H,22,25). The van der Waals surface area contributed by atoms with E-state index in [0.717, 1.165) is 32.0 Å². The van der Waals surface area contributed by atoms with Gasteiger partial charge in [0.25, 0.3) is 0 Å². The first kappa shape index (κ1) is 18.2. The van der Waals surface area contributed by atoms with Gasteiger partial charge in [0.1, 0.15) is 0 Å². The molecular weight excluding hydrogens is 310 g/mol. The van der Waals surface area contributed by atoms with Gasteiger partial charge in [0.2, 0.25) is 5.91 Å². The highest BCUT2D eigenvalue weighted by Crippen LogP contribution is 2.26. The van der Waals surface area contributed by atoms with Crippen molar-refractivity contribution in [1.82, 2.24) is 10.2 Å². The van der Waals surface area contributed by atoms with Crippen molar-refractivity contribution < 1.29 is 4.79 Å². The summed E-state index contributed by atoms with van der Waals surface area (Å²) < 4.78 is 0. The van der Waals surface area contributed by atoms with Crippen LogP contribution in [0, 0.1) is 11.8 Å². The number of amides is 1. The van der Waals surface area contributed by atoms with Crippen LogP contribution in [0.1, 0.15) is 39.0 Å². The van der Waals surface area contributed by atoms with E-state index in [4.69, 9.17) is 0 Å². The van der Waals surface area contributed by atoms with E-state index in [0.29, 0.717) is 18.5 Å². The predicted molar refractivity (Wildman–Crippen MR) is 104 cm³/mol. The van der Waals surface area contributed by atoms with Gasteiger partial charge in [-0.1, -0.05) is 25.1 Å². The van der Waals surface area contributed by atoms with E-state index < -0.39 is 0 Å². The average Bonchev–Trinajstić information content (AvgIpc) is 3.10. The fourth-order valence-electron chi connectivity index (χ4n) is 4.23. The number of hydrogen-bond donors (Lipinski definition) is 1. The maximum atomic E-state index is 12.3. The molecule has 1 N–H and O–H groups in total. The van der Waals surface area contributed by atoms with Crippen molar-refractivity contribution in [3.8, 4) is 0 Å². The van der Waals surface area contributed by atoms with Crippen LogP contribution in [0.3, 0.4) is 0 Å². The minimum Gasteiger partial charge on any atom is -0.371 e. The molecule has 0 spiro atoms. The quantitative estimate of drug-likeness (QED) is 0.862. The molecule has 1 saturated carbocycles. The van der Waals surface area contributed by atoms with Crippen LogP contribution in [-0.4, -0.2) is 50.1 Å². The zero-order chi connectivity index (χ0) is 17.6. The monoisotopic (exact) mass is 343 g/mol. The number of nitrogens with one attached hydrogen (secondary N) is 1. The molecule has 138 valence electrons. The van der Waals surface area contributed by atoms with Gasteiger partial charge in [0.15, 0.2) is 0 Å². The summed E-state index contributed by atoms with van der Waals surface area (Å²) in [6.07, 6.45) is 6.23. The number of benzene rings is 1. The highest BCUT2D eigenvalue weighted by Gasteiger charge is 2.25. The average molecular weight is 344 g/mol. The van der Waals surface area contributed by atoms with Gasteiger partial charge >= 0.3 is 0 Å². The van der Waals surface area contributed by atoms with Gasteiger partial charge in [-0.05, 0) is 63.1 Å². The minimum atomic E-state index is 0.180. The molecule has 3 rings (SSSR count). The van der Waals surface area contributed by atoms with Gasteiger partial charge in [-0.15, -0.1) is 0 Å². The molecule has 1 amide bonds. The Morgan fingerprint density at radius 2 is 1.88 bits per heavy atom. The zero-order valence-corrected chi connectivity index (χ0v) is 15.8. The molecule has 25 heavy (non-hydrogen) atoms. The molecule has 1 unspecified atom stereocenters. The van der Waals surface area contributed by atoms with E-state index in [1.165, 1.54) is 31.4 Å². The van der Waals surface area contributed by atoms with E-state index in [1.807, 2.05) is 0 Å². The molecule has 1 saturated heterocycles. The van der Waals surface area contributed by atoms with E-state index in [9.17, 15) is 4.79 Å². The number of hydrogen-bond acceptors (Lipinski definition) is 3. The largest absolute Gasteiger partial charge is 0.371 e. The van der Waals surface area contributed by atoms with Crippen LogP contribution >= 0.6 is 0 Å². The zero-order valence-electron chi connectivity index (χ0n) is 15.8. The van der Waals surface area contributed by atoms with Crippen molar-refractivity contribution in [3.05, 3.63) is 30.3 Å². The van der Waals surface area contributed by atoms with Crippen LogP contribution < -0.4 is 10.2 Å². The Morgan fingerprint density at radius 1 is 1.16 bits per heavy atom. The summed E-state index contributed by atoms with van der Waals surface area (Å²) in [7, 11) is 2.10. The third-order valence-corrected chi connectivity index (χ3v) is 6.00. The highest BCUT2D eigenvalue weighted by atomic mass is 16.2. The van der Waals surface area contributed by atoms with Gasteiger partial charge in [0, 0.05) is 31.4 Å². The third kappa shape index (κ3) is 5.21. The van der Waals surface area contributed by atoms with Crippen molar-refractivity contribution in [3.63, 3.8) is 0 Å². The molecule has 1 aliphatic heterocycles. The number of carbonyl (C=O) groups is 1. The van der Waals surface area contributed by atoms with Gasteiger partial charge in [-0.3, -0.25) is 9.69 Å². The molecule has 2 fully saturated rings. The Hall–Kier alpha value is -1.55. The van der Waals surface area contributed by atoms with Crippen molar-refractivity contribution >= 4 is 11.6 Å². The first-order chi connectivity index (χ1) is 12.1. The lowest BCUT2D eigenvalue weighted by molar-refractivity contribution is -0.122. The molecule has 1 aliphatic carbocycles. The van der Waals surface area contributed by atoms with E-state index in [2.05, 4.69) is 59.4 Å². The second-order valence-electron chi connectivity index (χ2n) is 8.07. The second-order valence-corrected chi connectivity index (χ2v) is 8.07. The van der Waals surface area contributed by atoms with E-state index in [1.54, 1.807) is 0 Å². The number of anilines is 1. The SMILES string of the molecule is CC1CCC(N(C)CC(=O)NCC2CCN(c3ccccc3)C2)CC1. The predicted octanol–water partition coefficient (Wildman–Crippen LogP) is 3.14. The maximum absolute atomic E-state index is 12.3. The Kier molecular flexibility index (Phi) is 6.35. The molecule has 4 heteroatoms. The Morgan fingerprint density at radius 3 is 2.60 bits per heavy atom. The molecule has 0 radical (unpaired) electrons. The van der Waals surface area contributed by atoms with E-state index >= 15 is 0 Å². The lowest BCUT2D eigenvalue weighted by atomic mass is 9.87. The third-order valence-electron chi connectivity index (χ3n) is 6.00. The van der Waals surface area contributed by atoms with Gasteiger partial charge in [-0.25, -0.2) is 0 Å². The van der Waals surface area contributed by atoms with Gasteiger partial charge in [-0.2, -0.15) is 0 Å². The number of carbonyl (C=O) groups excluding carboxylic acids is 1.